The molecule has 0 saturated carbocycles. The van der Waals surface area contributed by atoms with Crippen LogP contribution in [0.5, 0.6) is 0 Å². The number of hydrogen-bond acceptors (Lipinski definition) is 3. The first-order valence-corrected chi connectivity index (χ1v) is 7.48. The van der Waals surface area contributed by atoms with Gasteiger partial charge in [0.15, 0.2) is 0 Å². The second kappa shape index (κ2) is 7.36. The van der Waals surface area contributed by atoms with Gasteiger partial charge in [-0.25, -0.2) is 9.97 Å². The third-order valence-electron chi connectivity index (χ3n) is 2.90. The van der Waals surface area contributed by atoms with E-state index >= 15 is 0 Å². The summed E-state index contributed by atoms with van der Waals surface area (Å²) in [6.45, 7) is 11.1. The molecule has 0 aliphatic heterocycles. The highest BCUT2D eigenvalue weighted by Crippen LogP contribution is 2.21. The Kier molecular flexibility index (Phi) is 6.11. The molecule has 0 radical (unpaired) electrons. The number of amides is 1. The van der Waals surface area contributed by atoms with Gasteiger partial charge < -0.3 is 0 Å². The van der Waals surface area contributed by atoms with Gasteiger partial charge in [-0.3, -0.25) is 9.69 Å². The molecule has 1 rings (SSSR count). The van der Waals surface area contributed by atoms with Crippen LogP contribution in [-0.2, 0) is 11.2 Å². The molecule has 0 bridgehead atoms. The quantitative estimate of drug-likeness (QED) is 0.798. The van der Waals surface area contributed by atoms with E-state index in [2.05, 4.69) is 44.6 Å². The molecule has 0 atom stereocenters. The Morgan fingerprint density at radius 3 is 2.20 bits per heavy atom. The van der Waals surface area contributed by atoms with E-state index in [0.717, 1.165) is 24.8 Å². The molecule has 112 valence electrons. The highest BCUT2D eigenvalue weighted by atomic mass is 16.2. The summed E-state index contributed by atoms with van der Waals surface area (Å²) in [7, 11) is 0. The summed E-state index contributed by atoms with van der Waals surface area (Å²) >= 11 is 0. The van der Waals surface area contributed by atoms with E-state index < -0.39 is 0 Å². The normalized spacial score (nSPS) is 11.4. The first kappa shape index (κ1) is 16.6. The van der Waals surface area contributed by atoms with Crippen molar-refractivity contribution in [1.82, 2.24) is 9.97 Å². The molecule has 1 aromatic rings. The van der Waals surface area contributed by atoms with Gasteiger partial charge in [-0.05, 0) is 23.8 Å². The lowest BCUT2D eigenvalue weighted by molar-refractivity contribution is -0.120. The van der Waals surface area contributed by atoms with Crippen molar-refractivity contribution in [2.24, 2.45) is 5.41 Å². The number of hydrogen-bond donors (Lipinski definition) is 0. The molecule has 0 unspecified atom stereocenters. The van der Waals surface area contributed by atoms with E-state index in [0.29, 0.717) is 18.9 Å². The Morgan fingerprint density at radius 1 is 1.15 bits per heavy atom. The molecule has 20 heavy (non-hydrogen) atoms. The lowest BCUT2D eigenvalue weighted by Crippen LogP contribution is -2.35. The smallest absolute Gasteiger partial charge is 0.232 e. The van der Waals surface area contributed by atoms with Crippen LogP contribution in [0.25, 0.3) is 0 Å². The largest absolute Gasteiger partial charge is 0.281 e. The first-order chi connectivity index (χ1) is 9.37. The Hall–Kier alpha value is -1.45. The molecule has 0 aromatic carbocycles. The van der Waals surface area contributed by atoms with Gasteiger partial charge in [0.2, 0.25) is 11.9 Å². The molecule has 0 aliphatic rings. The van der Waals surface area contributed by atoms with E-state index in [4.69, 9.17) is 0 Å². The van der Waals surface area contributed by atoms with Crippen LogP contribution in [0, 0.1) is 5.41 Å². The number of anilines is 1. The van der Waals surface area contributed by atoms with Gasteiger partial charge in [0.05, 0.1) is 0 Å². The maximum atomic E-state index is 12.4. The fraction of sp³-hybridized carbons (Fsp3) is 0.688. The summed E-state index contributed by atoms with van der Waals surface area (Å²) < 4.78 is 0. The molecule has 0 saturated heterocycles. The first-order valence-electron chi connectivity index (χ1n) is 7.48. The topological polar surface area (TPSA) is 46.1 Å². The standard InChI is InChI=1S/C16H27N3O/c1-6-8-13-11-17-15(18-12-13)19(9-7-2)14(20)10-16(3,4)5/h11-12H,6-10H2,1-5H3. The minimum Gasteiger partial charge on any atom is -0.281 e. The average molecular weight is 277 g/mol. The van der Waals surface area contributed by atoms with E-state index in [-0.39, 0.29) is 11.3 Å². The van der Waals surface area contributed by atoms with Gasteiger partial charge in [0.1, 0.15) is 0 Å². The van der Waals surface area contributed by atoms with Gasteiger partial charge in [-0.15, -0.1) is 0 Å². The van der Waals surface area contributed by atoms with Crippen molar-refractivity contribution >= 4 is 11.9 Å². The Morgan fingerprint density at radius 2 is 1.75 bits per heavy atom. The third-order valence-corrected chi connectivity index (χ3v) is 2.90. The Balaban J connectivity index is 2.87. The van der Waals surface area contributed by atoms with Crippen LogP contribution < -0.4 is 4.90 Å². The molecule has 1 heterocycles. The molecular weight excluding hydrogens is 250 g/mol. The summed E-state index contributed by atoms with van der Waals surface area (Å²) in [6.07, 6.45) is 7.12. The highest BCUT2D eigenvalue weighted by Gasteiger charge is 2.23. The van der Waals surface area contributed by atoms with Crippen molar-refractivity contribution in [1.29, 1.82) is 0 Å². The lowest BCUT2D eigenvalue weighted by atomic mass is 9.91. The van der Waals surface area contributed by atoms with E-state index in [1.165, 1.54) is 0 Å². The fourth-order valence-corrected chi connectivity index (χ4v) is 2.01. The van der Waals surface area contributed by atoms with Gasteiger partial charge in [0.25, 0.3) is 0 Å². The minimum absolute atomic E-state index is 0.0226. The van der Waals surface area contributed by atoms with Crippen molar-refractivity contribution in [3.05, 3.63) is 18.0 Å². The van der Waals surface area contributed by atoms with Crippen LogP contribution in [0.4, 0.5) is 5.95 Å². The maximum absolute atomic E-state index is 12.4. The Bertz CT molecular complexity index is 420. The number of carbonyl (C=O) groups is 1. The summed E-state index contributed by atoms with van der Waals surface area (Å²) in [5.41, 5.74) is 1.10. The highest BCUT2D eigenvalue weighted by molar-refractivity contribution is 5.91. The van der Waals surface area contributed by atoms with Gasteiger partial charge in [-0.1, -0.05) is 41.0 Å². The molecule has 1 aromatic heterocycles. The molecular formula is C16H27N3O. The third kappa shape index (κ3) is 5.27. The lowest BCUT2D eigenvalue weighted by Gasteiger charge is -2.24. The van der Waals surface area contributed by atoms with Crippen LogP contribution in [-0.4, -0.2) is 22.4 Å². The number of nitrogens with zero attached hydrogens (tertiary/aromatic N) is 3. The summed E-state index contributed by atoms with van der Waals surface area (Å²) in [4.78, 5) is 22.8. The van der Waals surface area contributed by atoms with Crippen LogP contribution in [0.1, 0.15) is 59.4 Å². The fourth-order valence-electron chi connectivity index (χ4n) is 2.01. The zero-order valence-corrected chi connectivity index (χ0v) is 13.4. The van der Waals surface area contributed by atoms with Gasteiger partial charge in [0, 0.05) is 25.4 Å². The summed E-state index contributed by atoms with van der Waals surface area (Å²) in [5, 5.41) is 0. The zero-order chi connectivity index (χ0) is 15.2. The van der Waals surface area contributed by atoms with Crippen molar-refractivity contribution in [2.45, 2.75) is 60.3 Å². The van der Waals surface area contributed by atoms with Crippen LogP contribution in [0.2, 0.25) is 0 Å². The monoisotopic (exact) mass is 277 g/mol. The number of carbonyl (C=O) groups excluding carboxylic acids is 1. The molecule has 0 spiro atoms. The number of rotatable bonds is 6. The molecule has 1 amide bonds. The summed E-state index contributed by atoms with van der Waals surface area (Å²) in [5.74, 6) is 0.628. The van der Waals surface area contributed by atoms with E-state index in [9.17, 15) is 4.79 Å². The Labute approximate surface area is 122 Å². The van der Waals surface area contributed by atoms with Crippen molar-refractivity contribution in [3.8, 4) is 0 Å². The minimum atomic E-state index is -0.0226. The van der Waals surface area contributed by atoms with Crippen LogP contribution >= 0.6 is 0 Å². The van der Waals surface area contributed by atoms with Gasteiger partial charge in [-0.2, -0.15) is 0 Å². The molecule has 0 fully saturated rings. The SMILES string of the molecule is CCCc1cnc(N(CCC)C(=O)CC(C)(C)C)nc1. The van der Waals surface area contributed by atoms with Crippen LogP contribution in [0.15, 0.2) is 12.4 Å². The maximum Gasteiger partial charge on any atom is 0.232 e. The van der Waals surface area contributed by atoms with E-state index in [1.54, 1.807) is 4.90 Å². The molecule has 4 heteroatoms. The second-order valence-electron chi connectivity index (χ2n) is 6.42. The van der Waals surface area contributed by atoms with E-state index in [1.807, 2.05) is 12.4 Å². The van der Waals surface area contributed by atoms with Crippen LogP contribution in [0.3, 0.4) is 0 Å². The average Bonchev–Trinajstić information content (AvgIpc) is 2.35. The predicted octanol–water partition coefficient (Wildman–Crippen LogP) is 3.61. The molecule has 4 nitrogen and oxygen atoms in total. The van der Waals surface area contributed by atoms with Crippen molar-refractivity contribution in [3.63, 3.8) is 0 Å². The second-order valence-corrected chi connectivity index (χ2v) is 6.42. The number of aromatic nitrogens is 2. The van der Waals surface area contributed by atoms with Crippen molar-refractivity contribution < 1.29 is 4.79 Å². The molecule has 0 aliphatic carbocycles. The predicted molar refractivity (Wildman–Crippen MR) is 82.7 cm³/mol. The summed E-state index contributed by atoms with van der Waals surface area (Å²) in [6, 6.07) is 0. The zero-order valence-electron chi connectivity index (χ0n) is 13.4. The van der Waals surface area contributed by atoms with Gasteiger partial charge >= 0.3 is 0 Å². The van der Waals surface area contributed by atoms with Crippen molar-refractivity contribution in [2.75, 3.05) is 11.4 Å². The number of aryl methyl sites for hydroxylation is 1. The molecule has 0 N–H and O–H groups in total.